The third-order valence-electron chi connectivity index (χ3n) is 5.11. The molecule has 2 heterocycles. The molecule has 0 unspecified atom stereocenters. The number of amides is 2. The number of aliphatic hydroxyl groups excluding tert-OH is 1. The van der Waals surface area contributed by atoms with Crippen LogP contribution in [0.1, 0.15) is 43.7 Å². The zero-order chi connectivity index (χ0) is 20.3. The molecule has 0 atom stereocenters. The van der Waals surface area contributed by atoms with Gasteiger partial charge in [-0.2, -0.15) is 0 Å². The number of piperidine rings is 1. The molecule has 3 N–H and O–H groups in total. The van der Waals surface area contributed by atoms with E-state index in [2.05, 4.69) is 23.6 Å². The van der Waals surface area contributed by atoms with Gasteiger partial charge in [-0.05, 0) is 75.9 Å². The Hall–Kier alpha value is -2.38. The number of carbonyl (C=O) groups is 2. The number of rotatable bonds is 7. The number of hydrogen-bond donors (Lipinski definition) is 3. The second-order valence-electron chi connectivity index (χ2n) is 7.60. The van der Waals surface area contributed by atoms with Gasteiger partial charge in [-0.25, -0.2) is 0 Å². The molecule has 7 nitrogen and oxygen atoms in total. The fourth-order valence-corrected chi connectivity index (χ4v) is 3.78. The fraction of sp³-hybridized carbons (Fsp3) is 0.524. The number of carbonyl (C=O) groups excluding carboxylic acids is 2. The Morgan fingerprint density at radius 2 is 2.00 bits per heavy atom. The van der Waals surface area contributed by atoms with Crippen molar-refractivity contribution in [2.45, 2.75) is 45.6 Å². The van der Waals surface area contributed by atoms with Crippen LogP contribution in [0, 0.1) is 6.92 Å². The summed E-state index contributed by atoms with van der Waals surface area (Å²) in [5.41, 5.74) is 3.27. The van der Waals surface area contributed by atoms with E-state index in [4.69, 9.17) is 9.84 Å². The Morgan fingerprint density at radius 1 is 1.29 bits per heavy atom. The van der Waals surface area contributed by atoms with Crippen LogP contribution in [-0.2, 0) is 9.59 Å². The largest absolute Gasteiger partial charge is 0.489 e. The topological polar surface area (TPSA) is 90.9 Å². The number of ether oxygens (including phenoxy) is 1. The molecule has 2 aliphatic rings. The minimum atomic E-state index is -0.436. The molecule has 28 heavy (non-hydrogen) atoms. The molecule has 2 aliphatic heterocycles. The lowest BCUT2D eigenvalue weighted by Gasteiger charge is -2.26. The number of nitrogens with one attached hydrogen (secondary N) is 2. The number of β-amino-alcohol motifs (C(OH)–C–C–N with tert-alkyl or cyclic N) is 1. The van der Waals surface area contributed by atoms with Crippen LogP contribution in [0.3, 0.4) is 0 Å². The molecule has 0 saturated carbocycles. The van der Waals surface area contributed by atoms with Gasteiger partial charge >= 0.3 is 0 Å². The summed E-state index contributed by atoms with van der Waals surface area (Å²) in [5.74, 6) is 0.306. The molecular formula is C21H29N3O4. The van der Waals surface area contributed by atoms with Crippen molar-refractivity contribution < 1.29 is 19.4 Å². The van der Waals surface area contributed by atoms with Gasteiger partial charge in [-0.1, -0.05) is 0 Å². The Morgan fingerprint density at radius 3 is 2.64 bits per heavy atom. The van der Waals surface area contributed by atoms with Gasteiger partial charge in [0, 0.05) is 6.08 Å². The fourth-order valence-electron chi connectivity index (χ4n) is 3.78. The number of aliphatic hydroxyl groups is 1. The van der Waals surface area contributed by atoms with Crippen LogP contribution in [0.4, 0.5) is 5.69 Å². The van der Waals surface area contributed by atoms with Crippen LogP contribution in [0.15, 0.2) is 23.9 Å². The summed E-state index contributed by atoms with van der Waals surface area (Å²) in [4.78, 5) is 25.5. The zero-order valence-corrected chi connectivity index (χ0v) is 16.7. The molecule has 7 heteroatoms. The molecule has 152 valence electrons. The standard InChI is InChI=1S/C21H29N3O4/c1-13(2)28-19-11-16(15-4-6-22-7-5-15)14(3)10-17(19)23-18-12-20(26)24(8-9-25)21(18)27/h10-13,15,22-23,25H,4-9H2,1-3H3. The summed E-state index contributed by atoms with van der Waals surface area (Å²) >= 11 is 0. The Kier molecular flexibility index (Phi) is 6.36. The molecule has 1 saturated heterocycles. The van der Waals surface area contributed by atoms with Gasteiger partial charge in [0.15, 0.2) is 0 Å². The smallest absolute Gasteiger partial charge is 0.277 e. The highest BCUT2D eigenvalue weighted by atomic mass is 16.5. The molecule has 0 aromatic heterocycles. The summed E-state index contributed by atoms with van der Waals surface area (Å²) in [5, 5.41) is 15.5. The number of benzene rings is 1. The van der Waals surface area contributed by atoms with Gasteiger partial charge in [-0.3, -0.25) is 14.5 Å². The van der Waals surface area contributed by atoms with Crippen LogP contribution in [0.2, 0.25) is 0 Å². The maximum atomic E-state index is 12.5. The maximum absolute atomic E-state index is 12.5. The Labute approximate surface area is 165 Å². The monoisotopic (exact) mass is 387 g/mol. The highest BCUT2D eigenvalue weighted by Gasteiger charge is 2.31. The molecule has 0 radical (unpaired) electrons. The van der Waals surface area contributed by atoms with Gasteiger partial charge in [-0.15, -0.1) is 0 Å². The van der Waals surface area contributed by atoms with Gasteiger partial charge in [0.1, 0.15) is 11.4 Å². The van der Waals surface area contributed by atoms with E-state index in [1.165, 1.54) is 11.6 Å². The lowest BCUT2D eigenvalue weighted by molar-refractivity contribution is -0.137. The first-order valence-corrected chi connectivity index (χ1v) is 9.88. The van der Waals surface area contributed by atoms with Gasteiger partial charge in [0.05, 0.1) is 24.9 Å². The predicted molar refractivity (Wildman–Crippen MR) is 107 cm³/mol. The van der Waals surface area contributed by atoms with Gasteiger partial charge in [0.2, 0.25) is 0 Å². The molecule has 1 aromatic rings. The summed E-state index contributed by atoms with van der Waals surface area (Å²) in [6.45, 7) is 7.73. The Bertz CT molecular complexity index is 782. The molecule has 0 bridgehead atoms. The summed E-state index contributed by atoms with van der Waals surface area (Å²) in [6, 6.07) is 4.06. The van der Waals surface area contributed by atoms with E-state index in [0.29, 0.717) is 17.4 Å². The van der Waals surface area contributed by atoms with Crippen LogP contribution in [0.5, 0.6) is 5.75 Å². The van der Waals surface area contributed by atoms with Crippen molar-refractivity contribution in [3.63, 3.8) is 0 Å². The summed E-state index contributed by atoms with van der Waals surface area (Å²) < 4.78 is 6.02. The molecule has 1 aromatic carbocycles. The lowest BCUT2D eigenvalue weighted by atomic mass is 9.87. The van der Waals surface area contributed by atoms with E-state index >= 15 is 0 Å². The highest BCUT2D eigenvalue weighted by Crippen LogP contribution is 2.37. The third-order valence-corrected chi connectivity index (χ3v) is 5.11. The van der Waals surface area contributed by atoms with Crippen molar-refractivity contribution in [1.82, 2.24) is 10.2 Å². The van der Waals surface area contributed by atoms with Crippen molar-refractivity contribution in [2.24, 2.45) is 0 Å². The quantitative estimate of drug-likeness (QED) is 0.619. The zero-order valence-electron chi connectivity index (χ0n) is 16.7. The van der Waals surface area contributed by atoms with Crippen molar-refractivity contribution in [3.8, 4) is 5.75 Å². The van der Waals surface area contributed by atoms with E-state index in [0.717, 1.165) is 36.4 Å². The van der Waals surface area contributed by atoms with E-state index in [1.807, 2.05) is 19.9 Å². The first kappa shape index (κ1) is 20.4. The van der Waals surface area contributed by atoms with Crippen LogP contribution < -0.4 is 15.4 Å². The second kappa shape index (κ2) is 8.75. The van der Waals surface area contributed by atoms with Crippen LogP contribution in [-0.4, -0.2) is 54.2 Å². The normalized spacial score (nSPS) is 18.0. The molecule has 2 amide bonds. The van der Waals surface area contributed by atoms with Crippen molar-refractivity contribution in [3.05, 3.63) is 35.0 Å². The first-order valence-electron chi connectivity index (χ1n) is 9.88. The number of imide groups is 1. The predicted octanol–water partition coefficient (Wildman–Crippen LogP) is 1.91. The van der Waals surface area contributed by atoms with Crippen LogP contribution >= 0.6 is 0 Å². The molecule has 0 aliphatic carbocycles. The van der Waals surface area contributed by atoms with E-state index in [1.54, 1.807) is 0 Å². The minimum absolute atomic E-state index is 0.0115. The summed E-state index contributed by atoms with van der Waals surface area (Å²) in [7, 11) is 0. The molecule has 0 spiro atoms. The van der Waals surface area contributed by atoms with E-state index in [-0.39, 0.29) is 25.0 Å². The molecule has 1 fully saturated rings. The Balaban J connectivity index is 1.89. The second-order valence-corrected chi connectivity index (χ2v) is 7.60. The van der Waals surface area contributed by atoms with Gasteiger partial charge < -0.3 is 20.5 Å². The highest BCUT2D eigenvalue weighted by molar-refractivity contribution is 6.17. The van der Waals surface area contributed by atoms with E-state index in [9.17, 15) is 9.59 Å². The van der Waals surface area contributed by atoms with Gasteiger partial charge in [0.25, 0.3) is 11.8 Å². The first-order chi connectivity index (χ1) is 13.4. The third kappa shape index (κ3) is 4.36. The maximum Gasteiger partial charge on any atom is 0.277 e. The average Bonchev–Trinajstić information content (AvgIpc) is 2.92. The summed E-state index contributed by atoms with van der Waals surface area (Å²) in [6.07, 6.45) is 3.42. The number of aryl methyl sites for hydroxylation is 1. The molecule has 3 rings (SSSR count). The molecular weight excluding hydrogens is 358 g/mol. The SMILES string of the molecule is Cc1cc(NC2=CC(=O)N(CCO)C2=O)c(OC(C)C)cc1C1CCNCC1. The number of anilines is 1. The van der Waals surface area contributed by atoms with Crippen molar-refractivity contribution >= 4 is 17.5 Å². The van der Waals surface area contributed by atoms with Crippen LogP contribution in [0.25, 0.3) is 0 Å². The minimum Gasteiger partial charge on any atom is -0.489 e. The lowest BCUT2D eigenvalue weighted by Crippen LogP contribution is -2.34. The van der Waals surface area contributed by atoms with Crippen molar-refractivity contribution in [2.75, 3.05) is 31.6 Å². The van der Waals surface area contributed by atoms with E-state index < -0.39 is 11.8 Å². The van der Waals surface area contributed by atoms with Crippen molar-refractivity contribution in [1.29, 1.82) is 0 Å². The number of hydrogen-bond acceptors (Lipinski definition) is 6. The average molecular weight is 387 g/mol. The number of nitrogens with zero attached hydrogens (tertiary/aromatic N) is 1.